The molecule has 0 spiro atoms. The highest BCUT2D eigenvalue weighted by Gasteiger charge is 2.30. The Labute approximate surface area is 158 Å². The maximum atomic E-state index is 13.6. The molecule has 2 rings (SSSR count). The van der Waals surface area contributed by atoms with Crippen LogP contribution in [0.25, 0.3) is 0 Å². The number of sulfonamides is 1. The van der Waals surface area contributed by atoms with Crippen molar-refractivity contribution in [2.75, 3.05) is 25.4 Å². The molecule has 1 aromatic carbocycles. The SMILES string of the molecule is CCCCS(=O)(=O)N1CCC(C(=O)NCC(O)c2ccc(F)cc2F)CC1. The molecule has 1 aliphatic rings. The number of carbonyl (C=O) groups excluding carboxylic acids is 1. The van der Waals surface area contributed by atoms with E-state index in [2.05, 4.69) is 5.32 Å². The number of rotatable bonds is 8. The topological polar surface area (TPSA) is 86.7 Å². The second kappa shape index (κ2) is 9.57. The van der Waals surface area contributed by atoms with Crippen molar-refractivity contribution in [2.45, 2.75) is 38.7 Å². The van der Waals surface area contributed by atoms with Gasteiger partial charge in [0.1, 0.15) is 11.6 Å². The highest BCUT2D eigenvalue weighted by Crippen LogP contribution is 2.22. The zero-order valence-corrected chi connectivity index (χ0v) is 16.1. The third-order valence-electron chi connectivity index (χ3n) is 4.77. The van der Waals surface area contributed by atoms with Crippen LogP contribution in [-0.4, -0.2) is 49.1 Å². The van der Waals surface area contributed by atoms with E-state index in [9.17, 15) is 27.1 Å². The Morgan fingerprint density at radius 3 is 2.59 bits per heavy atom. The molecule has 0 radical (unpaired) electrons. The molecule has 1 heterocycles. The fourth-order valence-corrected chi connectivity index (χ4v) is 4.75. The van der Waals surface area contributed by atoms with Crippen molar-refractivity contribution in [3.63, 3.8) is 0 Å². The summed E-state index contributed by atoms with van der Waals surface area (Å²) in [7, 11) is -3.28. The van der Waals surface area contributed by atoms with Crippen molar-refractivity contribution in [1.29, 1.82) is 0 Å². The number of nitrogens with zero attached hydrogens (tertiary/aromatic N) is 1. The molecule has 1 aliphatic heterocycles. The first-order valence-corrected chi connectivity index (χ1v) is 10.7. The fourth-order valence-electron chi connectivity index (χ4n) is 3.08. The Morgan fingerprint density at radius 1 is 1.33 bits per heavy atom. The highest BCUT2D eigenvalue weighted by molar-refractivity contribution is 7.89. The molecule has 0 bridgehead atoms. The molecule has 2 N–H and O–H groups in total. The first kappa shape index (κ1) is 21.7. The van der Waals surface area contributed by atoms with E-state index >= 15 is 0 Å². The van der Waals surface area contributed by atoms with E-state index in [0.717, 1.165) is 18.6 Å². The van der Waals surface area contributed by atoms with Crippen LogP contribution in [0.3, 0.4) is 0 Å². The summed E-state index contributed by atoms with van der Waals surface area (Å²) in [5, 5.41) is 12.6. The number of benzene rings is 1. The van der Waals surface area contributed by atoms with Crippen LogP contribution in [-0.2, 0) is 14.8 Å². The zero-order valence-electron chi connectivity index (χ0n) is 15.3. The van der Waals surface area contributed by atoms with Gasteiger partial charge in [0, 0.05) is 37.2 Å². The lowest BCUT2D eigenvalue weighted by Crippen LogP contribution is -2.44. The Morgan fingerprint density at radius 2 is 2.00 bits per heavy atom. The number of unbranched alkanes of at least 4 members (excludes halogenated alkanes) is 1. The van der Waals surface area contributed by atoms with E-state index in [-0.39, 0.29) is 29.7 Å². The summed E-state index contributed by atoms with van der Waals surface area (Å²) in [4.78, 5) is 12.3. The zero-order chi connectivity index (χ0) is 20.0. The second-order valence-corrected chi connectivity index (χ2v) is 8.86. The van der Waals surface area contributed by atoms with E-state index in [1.165, 1.54) is 4.31 Å². The van der Waals surface area contributed by atoms with Gasteiger partial charge in [0.25, 0.3) is 0 Å². The van der Waals surface area contributed by atoms with Gasteiger partial charge in [-0.15, -0.1) is 0 Å². The first-order valence-electron chi connectivity index (χ1n) is 9.13. The molecule has 1 amide bonds. The Bertz CT molecular complexity index is 750. The van der Waals surface area contributed by atoms with Crippen molar-refractivity contribution >= 4 is 15.9 Å². The third-order valence-corrected chi connectivity index (χ3v) is 6.72. The largest absolute Gasteiger partial charge is 0.386 e. The van der Waals surface area contributed by atoms with Crippen LogP contribution in [0, 0.1) is 17.6 Å². The minimum absolute atomic E-state index is 0.0893. The van der Waals surface area contributed by atoms with E-state index in [1.54, 1.807) is 0 Å². The predicted molar refractivity (Wildman–Crippen MR) is 97.3 cm³/mol. The van der Waals surface area contributed by atoms with Crippen molar-refractivity contribution in [1.82, 2.24) is 9.62 Å². The van der Waals surface area contributed by atoms with Crippen LogP contribution < -0.4 is 5.32 Å². The van der Waals surface area contributed by atoms with Crippen molar-refractivity contribution in [2.24, 2.45) is 5.92 Å². The van der Waals surface area contributed by atoms with Gasteiger partial charge in [-0.3, -0.25) is 4.79 Å². The molecule has 152 valence electrons. The van der Waals surface area contributed by atoms with E-state index < -0.39 is 27.8 Å². The van der Waals surface area contributed by atoms with Crippen LogP contribution in [0.1, 0.15) is 44.3 Å². The number of halogens is 2. The van der Waals surface area contributed by atoms with Crippen LogP contribution in [0.4, 0.5) is 8.78 Å². The summed E-state index contributed by atoms with van der Waals surface area (Å²) in [6.07, 6.45) is 0.926. The first-order chi connectivity index (χ1) is 12.7. The molecule has 0 aromatic heterocycles. The maximum Gasteiger partial charge on any atom is 0.223 e. The Hall–Kier alpha value is -1.58. The lowest BCUT2D eigenvalue weighted by molar-refractivity contribution is -0.126. The van der Waals surface area contributed by atoms with E-state index in [1.807, 2.05) is 6.92 Å². The standard InChI is InChI=1S/C18H26F2N2O4S/c1-2-3-10-27(25,26)22-8-6-13(7-9-22)18(24)21-12-17(23)15-5-4-14(19)11-16(15)20/h4-5,11,13,17,23H,2-3,6-10,12H2,1H3,(H,21,24). The average molecular weight is 404 g/mol. The van der Waals surface area contributed by atoms with Gasteiger partial charge in [-0.25, -0.2) is 21.5 Å². The summed E-state index contributed by atoms with van der Waals surface area (Å²) in [6.45, 7) is 2.31. The molecule has 9 heteroatoms. The number of carbonyl (C=O) groups is 1. The van der Waals surface area contributed by atoms with Crippen LogP contribution in [0.2, 0.25) is 0 Å². The smallest absolute Gasteiger partial charge is 0.223 e. The van der Waals surface area contributed by atoms with Gasteiger partial charge in [-0.2, -0.15) is 0 Å². The molecule has 0 aliphatic carbocycles. The van der Waals surface area contributed by atoms with E-state index in [0.29, 0.717) is 38.4 Å². The van der Waals surface area contributed by atoms with Crippen molar-refractivity contribution in [3.8, 4) is 0 Å². The summed E-state index contributed by atoms with van der Waals surface area (Å²) in [5.74, 6) is -2.15. The summed E-state index contributed by atoms with van der Waals surface area (Å²) in [5.41, 5.74) is -0.0893. The number of hydrogen-bond acceptors (Lipinski definition) is 4. The van der Waals surface area contributed by atoms with Gasteiger partial charge in [0.15, 0.2) is 0 Å². The van der Waals surface area contributed by atoms with Gasteiger partial charge in [0.2, 0.25) is 15.9 Å². The minimum atomic E-state index is -3.28. The van der Waals surface area contributed by atoms with Crippen molar-refractivity contribution < 1.29 is 27.1 Å². The molecule has 1 unspecified atom stereocenters. The predicted octanol–water partition coefficient (Wildman–Crippen LogP) is 1.96. The molecular formula is C18H26F2N2O4S. The molecule has 1 saturated heterocycles. The summed E-state index contributed by atoms with van der Waals surface area (Å²) in [6, 6.07) is 2.86. The molecule has 1 atom stereocenters. The molecule has 1 aromatic rings. The number of amides is 1. The number of hydrogen-bond donors (Lipinski definition) is 2. The third kappa shape index (κ3) is 5.95. The van der Waals surface area contributed by atoms with Crippen LogP contribution in [0.5, 0.6) is 0 Å². The lowest BCUT2D eigenvalue weighted by atomic mass is 9.97. The lowest BCUT2D eigenvalue weighted by Gasteiger charge is -2.30. The van der Waals surface area contributed by atoms with Crippen molar-refractivity contribution in [3.05, 3.63) is 35.4 Å². The van der Waals surface area contributed by atoms with Crippen LogP contribution >= 0.6 is 0 Å². The fraction of sp³-hybridized carbons (Fsp3) is 0.611. The Kier molecular flexibility index (Phi) is 7.69. The second-order valence-electron chi connectivity index (χ2n) is 6.77. The van der Waals surface area contributed by atoms with E-state index in [4.69, 9.17) is 0 Å². The summed E-state index contributed by atoms with van der Waals surface area (Å²) < 4.78 is 52.3. The minimum Gasteiger partial charge on any atom is -0.386 e. The highest BCUT2D eigenvalue weighted by atomic mass is 32.2. The van der Waals surface area contributed by atoms with Crippen LogP contribution in [0.15, 0.2) is 18.2 Å². The van der Waals surface area contributed by atoms with Gasteiger partial charge in [0.05, 0.1) is 11.9 Å². The maximum absolute atomic E-state index is 13.6. The number of aliphatic hydroxyl groups is 1. The van der Waals surface area contributed by atoms with Gasteiger partial charge >= 0.3 is 0 Å². The number of piperidine rings is 1. The van der Waals surface area contributed by atoms with Gasteiger partial charge in [-0.1, -0.05) is 19.4 Å². The normalized spacial score (nSPS) is 17.6. The molecular weight excluding hydrogens is 378 g/mol. The molecule has 6 nitrogen and oxygen atoms in total. The molecule has 0 saturated carbocycles. The number of nitrogens with one attached hydrogen (secondary N) is 1. The average Bonchev–Trinajstić information content (AvgIpc) is 2.64. The quantitative estimate of drug-likeness (QED) is 0.694. The van der Waals surface area contributed by atoms with Gasteiger partial charge in [-0.05, 0) is 25.3 Å². The molecule has 1 fully saturated rings. The number of aliphatic hydroxyl groups excluding tert-OH is 1. The Balaban J connectivity index is 1.82. The summed E-state index contributed by atoms with van der Waals surface area (Å²) >= 11 is 0. The monoisotopic (exact) mass is 404 g/mol. The van der Waals surface area contributed by atoms with Gasteiger partial charge < -0.3 is 10.4 Å². The molecule has 27 heavy (non-hydrogen) atoms.